The Kier molecular flexibility index (Phi) is 5.25. The summed E-state index contributed by atoms with van der Waals surface area (Å²) in [5.41, 5.74) is 2.68. The first kappa shape index (κ1) is 17.2. The number of hydrogen-bond donors (Lipinski definition) is 1. The molecule has 5 heteroatoms. The first-order valence-electron chi connectivity index (χ1n) is 7.93. The van der Waals surface area contributed by atoms with Gasteiger partial charge in [-0.3, -0.25) is 4.79 Å². The summed E-state index contributed by atoms with van der Waals surface area (Å²) < 4.78 is 18.9. The van der Waals surface area contributed by atoms with Crippen molar-refractivity contribution in [3.05, 3.63) is 84.2 Å². The zero-order valence-electron chi connectivity index (χ0n) is 13.8. The van der Waals surface area contributed by atoms with Gasteiger partial charge in [0.05, 0.1) is 17.3 Å². The normalized spacial score (nSPS) is 10.0. The van der Waals surface area contributed by atoms with Crippen LogP contribution in [0.15, 0.2) is 72.8 Å². The lowest BCUT2D eigenvalue weighted by Crippen LogP contribution is -2.20. The van der Waals surface area contributed by atoms with Crippen LogP contribution >= 0.6 is 0 Å². The fourth-order valence-electron chi connectivity index (χ4n) is 2.38. The van der Waals surface area contributed by atoms with E-state index in [9.17, 15) is 9.18 Å². The van der Waals surface area contributed by atoms with E-state index in [4.69, 9.17) is 10.00 Å². The molecule has 1 N–H and O–H groups in total. The van der Waals surface area contributed by atoms with Gasteiger partial charge in [0.2, 0.25) is 0 Å². The van der Waals surface area contributed by atoms with E-state index in [1.165, 1.54) is 12.1 Å². The number of carbonyl (C=O) groups is 1. The third kappa shape index (κ3) is 4.25. The van der Waals surface area contributed by atoms with E-state index >= 15 is 0 Å². The van der Waals surface area contributed by atoms with Gasteiger partial charge in [0.25, 0.3) is 5.91 Å². The van der Waals surface area contributed by atoms with Crippen molar-refractivity contribution in [2.24, 2.45) is 0 Å². The van der Waals surface area contributed by atoms with Gasteiger partial charge in [-0.1, -0.05) is 36.4 Å². The molecule has 0 heterocycles. The summed E-state index contributed by atoms with van der Waals surface area (Å²) in [6.45, 7) is -0.218. The molecule has 0 fully saturated rings. The number of carbonyl (C=O) groups excluding carboxylic acids is 1. The summed E-state index contributed by atoms with van der Waals surface area (Å²) >= 11 is 0. The molecule has 0 radical (unpaired) electrons. The summed E-state index contributed by atoms with van der Waals surface area (Å²) in [5, 5.41) is 11.3. The summed E-state index contributed by atoms with van der Waals surface area (Å²) in [7, 11) is 0. The molecule has 4 nitrogen and oxygen atoms in total. The smallest absolute Gasteiger partial charge is 0.262 e. The summed E-state index contributed by atoms with van der Waals surface area (Å²) in [6.07, 6.45) is 0. The molecule has 0 spiro atoms. The molecular formula is C21H15FN2O2. The average Bonchev–Trinajstić information content (AvgIpc) is 2.69. The number of amides is 1. The minimum atomic E-state index is -0.493. The van der Waals surface area contributed by atoms with Gasteiger partial charge in [0.15, 0.2) is 6.61 Å². The van der Waals surface area contributed by atoms with Crippen molar-refractivity contribution in [2.75, 3.05) is 11.9 Å². The molecule has 0 bridgehead atoms. The van der Waals surface area contributed by atoms with Crippen LogP contribution in [-0.2, 0) is 4.79 Å². The second-order valence-corrected chi connectivity index (χ2v) is 5.53. The van der Waals surface area contributed by atoms with Crippen LogP contribution < -0.4 is 10.1 Å². The molecule has 26 heavy (non-hydrogen) atoms. The predicted molar refractivity (Wildman–Crippen MR) is 97.1 cm³/mol. The van der Waals surface area contributed by atoms with Gasteiger partial charge in [-0.25, -0.2) is 4.39 Å². The molecule has 0 saturated carbocycles. The lowest BCUT2D eigenvalue weighted by Gasteiger charge is -2.09. The van der Waals surface area contributed by atoms with Crippen LogP contribution in [0.25, 0.3) is 11.1 Å². The van der Waals surface area contributed by atoms with E-state index in [1.807, 2.05) is 24.3 Å². The van der Waals surface area contributed by atoms with E-state index in [2.05, 4.69) is 11.4 Å². The van der Waals surface area contributed by atoms with Crippen LogP contribution in [0.5, 0.6) is 5.75 Å². The fraction of sp³-hybridized carbons (Fsp3) is 0.0476. The summed E-state index contributed by atoms with van der Waals surface area (Å²) in [4.78, 5) is 11.9. The number of hydrogen-bond acceptors (Lipinski definition) is 3. The van der Waals surface area contributed by atoms with Crippen molar-refractivity contribution in [3.8, 4) is 22.9 Å². The minimum Gasteiger partial charge on any atom is -0.484 e. The molecule has 1 amide bonds. The molecule has 0 unspecified atom stereocenters. The largest absolute Gasteiger partial charge is 0.484 e. The van der Waals surface area contributed by atoms with Crippen LogP contribution in [0.1, 0.15) is 5.56 Å². The van der Waals surface area contributed by atoms with Crippen molar-refractivity contribution in [1.82, 2.24) is 0 Å². The Hall–Kier alpha value is -3.65. The molecule has 0 saturated heterocycles. The van der Waals surface area contributed by atoms with Gasteiger partial charge >= 0.3 is 0 Å². The number of nitrogens with zero attached hydrogens (tertiary/aromatic N) is 1. The Morgan fingerprint density at radius 1 is 0.962 bits per heavy atom. The predicted octanol–water partition coefficient (Wildman–Crippen LogP) is 4.38. The quantitative estimate of drug-likeness (QED) is 0.746. The molecule has 0 aliphatic carbocycles. The maximum atomic E-state index is 13.5. The Morgan fingerprint density at radius 2 is 1.58 bits per heavy atom. The van der Waals surface area contributed by atoms with Crippen LogP contribution in [0.4, 0.5) is 10.1 Å². The maximum Gasteiger partial charge on any atom is 0.262 e. The van der Waals surface area contributed by atoms with E-state index < -0.39 is 11.7 Å². The van der Waals surface area contributed by atoms with Gasteiger partial charge in [0.1, 0.15) is 11.6 Å². The number of nitriles is 1. The van der Waals surface area contributed by atoms with Crippen LogP contribution in [0.2, 0.25) is 0 Å². The molecular weight excluding hydrogens is 331 g/mol. The molecule has 0 atom stereocenters. The molecule has 3 aromatic carbocycles. The van der Waals surface area contributed by atoms with Crippen LogP contribution in [0.3, 0.4) is 0 Å². The Morgan fingerprint density at radius 3 is 2.19 bits per heavy atom. The van der Waals surface area contributed by atoms with Crippen LogP contribution in [0, 0.1) is 17.1 Å². The lowest BCUT2D eigenvalue weighted by molar-refractivity contribution is -0.118. The topological polar surface area (TPSA) is 62.1 Å². The summed E-state index contributed by atoms with van der Waals surface area (Å²) in [5.74, 6) is -0.398. The number of ether oxygens (including phenoxy) is 1. The fourth-order valence-corrected chi connectivity index (χ4v) is 2.38. The monoisotopic (exact) mass is 346 g/mol. The number of benzene rings is 3. The van der Waals surface area contributed by atoms with Crippen molar-refractivity contribution >= 4 is 11.6 Å². The molecule has 3 rings (SSSR count). The zero-order chi connectivity index (χ0) is 18.4. The van der Waals surface area contributed by atoms with E-state index in [0.29, 0.717) is 11.3 Å². The van der Waals surface area contributed by atoms with Crippen molar-refractivity contribution in [3.63, 3.8) is 0 Å². The van der Waals surface area contributed by atoms with Gasteiger partial charge in [0, 0.05) is 0 Å². The van der Waals surface area contributed by atoms with E-state index in [-0.39, 0.29) is 12.3 Å². The maximum absolute atomic E-state index is 13.5. The second-order valence-electron chi connectivity index (χ2n) is 5.53. The number of rotatable bonds is 5. The highest BCUT2D eigenvalue weighted by atomic mass is 19.1. The van der Waals surface area contributed by atoms with Gasteiger partial charge in [-0.05, 0) is 47.5 Å². The third-order valence-corrected chi connectivity index (χ3v) is 3.72. The van der Waals surface area contributed by atoms with Crippen molar-refractivity contribution in [2.45, 2.75) is 0 Å². The Bertz CT molecular complexity index is 945. The first-order chi connectivity index (χ1) is 12.7. The third-order valence-electron chi connectivity index (χ3n) is 3.72. The van der Waals surface area contributed by atoms with Gasteiger partial charge in [-0.2, -0.15) is 5.26 Å². The second kappa shape index (κ2) is 7.95. The van der Waals surface area contributed by atoms with Gasteiger partial charge in [-0.15, -0.1) is 0 Å². The lowest BCUT2D eigenvalue weighted by atomic mass is 10.0. The number of nitrogens with one attached hydrogen (secondary N) is 1. The molecule has 3 aromatic rings. The SMILES string of the molecule is N#Cc1ccc(-c2ccc(OCC(=O)Nc3ccccc3F)cc2)cc1. The Balaban J connectivity index is 1.58. The van der Waals surface area contributed by atoms with Gasteiger partial charge < -0.3 is 10.1 Å². The minimum absolute atomic E-state index is 0.122. The summed E-state index contributed by atoms with van der Waals surface area (Å²) in [6, 6.07) is 22.5. The first-order valence-corrected chi connectivity index (χ1v) is 7.93. The van der Waals surface area contributed by atoms with E-state index in [1.54, 1.807) is 36.4 Å². The molecule has 128 valence electrons. The number of halogens is 1. The standard InChI is InChI=1S/C21H15FN2O2/c22-19-3-1-2-4-20(19)24-21(25)14-26-18-11-9-17(10-12-18)16-7-5-15(13-23)6-8-16/h1-12H,14H2,(H,24,25). The molecule has 0 aliphatic heterocycles. The molecule has 0 aromatic heterocycles. The van der Waals surface area contributed by atoms with Crippen molar-refractivity contribution in [1.29, 1.82) is 5.26 Å². The van der Waals surface area contributed by atoms with E-state index in [0.717, 1.165) is 11.1 Å². The average molecular weight is 346 g/mol. The van der Waals surface area contributed by atoms with Crippen LogP contribution in [-0.4, -0.2) is 12.5 Å². The zero-order valence-corrected chi connectivity index (χ0v) is 13.8. The number of para-hydroxylation sites is 1. The highest BCUT2D eigenvalue weighted by molar-refractivity contribution is 5.92. The number of anilines is 1. The highest BCUT2D eigenvalue weighted by Crippen LogP contribution is 2.23. The van der Waals surface area contributed by atoms with Crippen molar-refractivity contribution < 1.29 is 13.9 Å². The molecule has 0 aliphatic rings. The Labute approximate surface area is 150 Å². The highest BCUT2D eigenvalue weighted by Gasteiger charge is 2.07.